The maximum Gasteiger partial charge on any atom is 0.279 e. The summed E-state index contributed by atoms with van der Waals surface area (Å²) in [5, 5.41) is 15.1. The number of para-hydroxylation sites is 1. The molecule has 3 N–H and O–H groups in total. The lowest BCUT2D eigenvalue weighted by Crippen LogP contribution is -3.11. The molecule has 0 fully saturated rings. The Kier molecular flexibility index (Phi) is 6.52. The van der Waals surface area contributed by atoms with Crippen LogP contribution in [0, 0.1) is 11.3 Å². The summed E-state index contributed by atoms with van der Waals surface area (Å²) in [6.07, 6.45) is 0. The molecule has 0 saturated heterocycles. The fourth-order valence-corrected chi connectivity index (χ4v) is 2.36. The summed E-state index contributed by atoms with van der Waals surface area (Å²) < 4.78 is 0. The summed E-state index contributed by atoms with van der Waals surface area (Å²) in [5.74, 6) is -0.468. The summed E-state index contributed by atoms with van der Waals surface area (Å²) in [6.45, 7) is 0.240. The van der Waals surface area contributed by atoms with Gasteiger partial charge in [0.2, 0.25) is 0 Å². The maximum absolute atomic E-state index is 12.1. The Morgan fingerprint density at radius 1 is 1.04 bits per heavy atom. The molecule has 0 aliphatic rings. The number of nitrogens with one attached hydrogen (secondary N) is 3. The molecular formula is C18H18ClN4O2+. The van der Waals surface area contributed by atoms with Crippen LogP contribution in [0.2, 0.25) is 5.02 Å². The van der Waals surface area contributed by atoms with Crippen LogP contribution in [0.15, 0.2) is 48.5 Å². The second-order valence-corrected chi connectivity index (χ2v) is 6.01. The minimum Gasteiger partial charge on any atom is -0.322 e. The standard InChI is InChI=1S/C18H17ClN4O2/c1-23(11-17(24)21-15-8-6-14(19)7-9-15)12-18(25)22-16-5-3-2-4-13(16)10-20/h2-9H,11-12H2,1H3,(H,21,24)(H,22,25)/p+1. The van der Waals surface area contributed by atoms with Crippen molar-refractivity contribution in [1.29, 1.82) is 5.26 Å². The van der Waals surface area contributed by atoms with Gasteiger partial charge in [-0.1, -0.05) is 23.7 Å². The van der Waals surface area contributed by atoms with E-state index in [1.807, 2.05) is 6.07 Å². The van der Waals surface area contributed by atoms with Gasteiger partial charge in [0.05, 0.1) is 18.3 Å². The number of halogens is 1. The van der Waals surface area contributed by atoms with Crippen molar-refractivity contribution in [2.24, 2.45) is 0 Å². The lowest BCUT2D eigenvalue weighted by molar-refractivity contribution is -0.862. The molecule has 2 aromatic carbocycles. The normalized spacial score (nSPS) is 11.2. The number of hydrogen-bond donors (Lipinski definition) is 3. The average molecular weight is 358 g/mol. The van der Waals surface area contributed by atoms with Gasteiger partial charge < -0.3 is 15.5 Å². The molecule has 0 bridgehead atoms. The van der Waals surface area contributed by atoms with Gasteiger partial charge in [-0.05, 0) is 36.4 Å². The van der Waals surface area contributed by atoms with Crippen LogP contribution in [-0.2, 0) is 9.59 Å². The van der Waals surface area contributed by atoms with Crippen molar-refractivity contribution in [2.75, 3.05) is 30.8 Å². The minimum absolute atomic E-state index is 0.105. The first-order valence-electron chi connectivity index (χ1n) is 7.63. The topological polar surface area (TPSA) is 86.4 Å². The van der Waals surface area contributed by atoms with E-state index in [4.69, 9.17) is 16.9 Å². The number of nitrogens with zero attached hydrogens (tertiary/aromatic N) is 1. The number of nitriles is 1. The molecule has 2 rings (SSSR count). The van der Waals surface area contributed by atoms with Crippen LogP contribution in [0.5, 0.6) is 0 Å². The Balaban J connectivity index is 1.83. The zero-order valence-electron chi connectivity index (χ0n) is 13.7. The van der Waals surface area contributed by atoms with Gasteiger partial charge in [-0.25, -0.2) is 0 Å². The van der Waals surface area contributed by atoms with E-state index in [-0.39, 0.29) is 24.9 Å². The fourth-order valence-electron chi connectivity index (χ4n) is 2.23. The monoisotopic (exact) mass is 357 g/mol. The molecule has 6 nitrogen and oxygen atoms in total. The lowest BCUT2D eigenvalue weighted by atomic mass is 10.2. The predicted octanol–water partition coefficient (Wildman–Crippen LogP) is 1.30. The third-order valence-corrected chi connectivity index (χ3v) is 3.63. The number of rotatable bonds is 6. The number of anilines is 2. The Bertz CT molecular complexity index is 799. The second kappa shape index (κ2) is 8.83. The van der Waals surface area contributed by atoms with E-state index >= 15 is 0 Å². The summed E-state index contributed by atoms with van der Waals surface area (Å²) in [7, 11) is 1.75. The molecule has 2 aromatic rings. The van der Waals surface area contributed by atoms with E-state index in [9.17, 15) is 9.59 Å². The minimum atomic E-state index is -0.264. The molecule has 0 heterocycles. The number of hydrogen-bond acceptors (Lipinski definition) is 3. The lowest BCUT2D eigenvalue weighted by Gasteiger charge is -2.14. The molecule has 7 heteroatoms. The number of quaternary nitrogens is 1. The molecule has 25 heavy (non-hydrogen) atoms. The van der Waals surface area contributed by atoms with Crippen LogP contribution >= 0.6 is 11.6 Å². The molecule has 0 aliphatic heterocycles. The zero-order chi connectivity index (χ0) is 18.2. The summed E-state index contributed by atoms with van der Waals surface area (Å²) in [4.78, 5) is 24.8. The highest BCUT2D eigenvalue weighted by Crippen LogP contribution is 2.13. The van der Waals surface area contributed by atoms with E-state index in [2.05, 4.69) is 10.6 Å². The Morgan fingerprint density at radius 3 is 2.28 bits per heavy atom. The summed E-state index contributed by atoms with van der Waals surface area (Å²) in [6, 6.07) is 15.6. The van der Waals surface area contributed by atoms with E-state index in [1.54, 1.807) is 55.6 Å². The number of benzene rings is 2. The third-order valence-electron chi connectivity index (χ3n) is 3.37. The number of amides is 2. The van der Waals surface area contributed by atoms with E-state index in [0.717, 1.165) is 4.90 Å². The zero-order valence-corrected chi connectivity index (χ0v) is 14.4. The summed E-state index contributed by atoms with van der Waals surface area (Å²) >= 11 is 5.80. The molecule has 0 aromatic heterocycles. The Labute approximate surface area is 151 Å². The highest BCUT2D eigenvalue weighted by Gasteiger charge is 2.15. The molecule has 0 aliphatic carbocycles. The van der Waals surface area contributed by atoms with Crippen LogP contribution in [0.3, 0.4) is 0 Å². The van der Waals surface area contributed by atoms with E-state index < -0.39 is 0 Å². The Morgan fingerprint density at radius 2 is 1.64 bits per heavy atom. The van der Waals surface area contributed by atoms with Gasteiger partial charge >= 0.3 is 0 Å². The molecule has 128 valence electrons. The van der Waals surface area contributed by atoms with Gasteiger partial charge in [-0.3, -0.25) is 9.59 Å². The largest absolute Gasteiger partial charge is 0.322 e. The van der Waals surface area contributed by atoms with Crippen LogP contribution in [0.1, 0.15) is 5.56 Å². The van der Waals surface area contributed by atoms with Crippen LogP contribution in [0.4, 0.5) is 11.4 Å². The van der Waals surface area contributed by atoms with Crippen molar-refractivity contribution >= 4 is 34.8 Å². The smallest absolute Gasteiger partial charge is 0.279 e. The van der Waals surface area contributed by atoms with Gasteiger partial charge in [-0.15, -0.1) is 0 Å². The van der Waals surface area contributed by atoms with Crippen molar-refractivity contribution in [3.05, 3.63) is 59.1 Å². The fraction of sp³-hybridized carbons (Fsp3) is 0.167. The molecule has 0 saturated carbocycles. The van der Waals surface area contributed by atoms with Gasteiger partial charge in [0.1, 0.15) is 6.07 Å². The predicted molar refractivity (Wildman–Crippen MR) is 96.5 cm³/mol. The van der Waals surface area contributed by atoms with Crippen LogP contribution in [0.25, 0.3) is 0 Å². The van der Waals surface area contributed by atoms with Crippen LogP contribution < -0.4 is 15.5 Å². The van der Waals surface area contributed by atoms with Gasteiger partial charge in [0, 0.05) is 10.7 Å². The molecule has 1 unspecified atom stereocenters. The van der Waals surface area contributed by atoms with Gasteiger partial charge in [0.15, 0.2) is 13.1 Å². The molecule has 0 radical (unpaired) electrons. The SMILES string of the molecule is C[NH+](CC(=O)Nc1ccc(Cl)cc1)CC(=O)Nc1ccccc1C#N. The highest BCUT2D eigenvalue weighted by atomic mass is 35.5. The maximum atomic E-state index is 12.1. The quantitative estimate of drug-likeness (QED) is 0.728. The first-order valence-corrected chi connectivity index (χ1v) is 8.01. The first-order chi connectivity index (χ1) is 12.0. The average Bonchev–Trinajstić information content (AvgIpc) is 2.57. The molecule has 0 spiro atoms. The van der Waals surface area contributed by atoms with E-state index in [0.29, 0.717) is 22.0 Å². The first kappa shape index (κ1) is 18.5. The van der Waals surface area contributed by atoms with E-state index in [1.165, 1.54) is 0 Å². The van der Waals surface area contributed by atoms with Gasteiger partial charge in [-0.2, -0.15) is 5.26 Å². The van der Waals surface area contributed by atoms with Crippen molar-refractivity contribution in [3.63, 3.8) is 0 Å². The molecular weight excluding hydrogens is 340 g/mol. The van der Waals surface area contributed by atoms with Gasteiger partial charge in [0.25, 0.3) is 11.8 Å². The third kappa shape index (κ3) is 5.92. The van der Waals surface area contributed by atoms with Crippen molar-refractivity contribution < 1.29 is 14.5 Å². The summed E-state index contributed by atoms with van der Waals surface area (Å²) in [5.41, 5.74) is 1.51. The second-order valence-electron chi connectivity index (χ2n) is 5.57. The number of likely N-dealkylation sites (N-methyl/N-ethyl adjacent to an activating group) is 1. The van der Waals surface area contributed by atoms with Crippen molar-refractivity contribution in [3.8, 4) is 6.07 Å². The highest BCUT2D eigenvalue weighted by molar-refractivity contribution is 6.30. The number of carbonyl (C=O) groups is 2. The van der Waals surface area contributed by atoms with Crippen molar-refractivity contribution in [1.82, 2.24) is 0 Å². The van der Waals surface area contributed by atoms with Crippen molar-refractivity contribution in [2.45, 2.75) is 0 Å². The Hall–Kier alpha value is -2.88. The molecule has 1 atom stereocenters. The van der Waals surface area contributed by atoms with Crippen LogP contribution in [-0.4, -0.2) is 32.0 Å². The molecule has 2 amide bonds. The number of carbonyl (C=O) groups excluding carboxylic acids is 2.